The minimum Gasteiger partial charge on any atom is -0.478 e. The molecule has 19 heavy (non-hydrogen) atoms. The van der Waals surface area contributed by atoms with E-state index < -0.39 is 16.0 Å². The van der Waals surface area contributed by atoms with E-state index in [-0.39, 0.29) is 22.0 Å². The zero-order valence-electron chi connectivity index (χ0n) is 11.3. The van der Waals surface area contributed by atoms with E-state index in [0.717, 1.165) is 6.20 Å². The van der Waals surface area contributed by atoms with Crippen LogP contribution in [0.1, 0.15) is 38.1 Å². The maximum absolute atomic E-state index is 12.0. The topological polar surface area (TPSA) is 96.4 Å². The van der Waals surface area contributed by atoms with E-state index >= 15 is 0 Å². The summed E-state index contributed by atoms with van der Waals surface area (Å²) < 4.78 is 26.6. The monoisotopic (exact) mass is 286 g/mol. The van der Waals surface area contributed by atoms with E-state index in [0.29, 0.717) is 0 Å². The number of hydrogen-bond acceptors (Lipinski definition) is 4. The van der Waals surface area contributed by atoms with Crippen molar-refractivity contribution in [2.24, 2.45) is 5.41 Å². The van der Waals surface area contributed by atoms with Crippen molar-refractivity contribution in [2.75, 3.05) is 0 Å². The number of nitrogens with one attached hydrogen (secondary N) is 1. The highest BCUT2D eigenvalue weighted by molar-refractivity contribution is 7.89. The minimum absolute atomic E-state index is 0.0529. The summed E-state index contributed by atoms with van der Waals surface area (Å²) in [6.07, 6.45) is 1.03. The summed E-state index contributed by atoms with van der Waals surface area (Å²) in [5.74, 6) is -1.15. The molecule has 0 amide bonds. The van der Waals surface area contributed by atoms with E-state index in [4.69, 9.17) is 5.11 Å². The first-order valence-electron chi connectivity index (χ1n) is 5.76. The smallest absolute Gasteiger partial charge is 0.337 e. The fraction of sp³-hybridized carbons (Fsp3) is 0.500. The van der Waals surface area contributed by atoms with Crippen molar-refractivity contribution in [3.8, 4) is 0 Å². The standard InChI is InChI=1S/C12H18N2O4S/c1-8(12(2,3)4)14-19(17,18)10-6-5-9(7-13-10)11(15)16/h5-8,14H,1-4H3,(H,15,16). The Kier molecular flexibility index (Phi) is 4.32. The number of carboxylic acid groups (broad SMARTS) is 1. The van der Waals surface area contributed by atoms with Crippen molar-refractivity contribution in [1.82, 2.24) is 9.71 Å². The average molecular weight is 286 g/mol. The molecule has 7 heteroatoms. The van der Waals surface area contributed by atoms with Crippen molar-refractivity contribution in [3.05, 3.63) is 23.9 Å². The molecule has 0 spiro atoms. The van der Waals surface area contributed by atoms with Crippen LogP contribution in [0.3, 0.4) is 0 Å². The SMILES string of the molecule is CC(NS(=O)(=O)c1ccc(C(=O)O)cn1)C(C)(C)C. The van der Waals surface area contributed by atoms with Crippen LogP contribution < -0.4 is 4.72 Å². The third-order valence-corrected chi connectivity index (χ3v) is 4.35. The number of carbonyl (C=O) groups is 1. The van der Waals surface area contributed by atoms with Gasteiger partial charge >= 0.3 is 5.97 Å². The van der Waals surface area contributed by atoms with Gasteiger partial charge in [-0.05, 0) is 24.5 Å². The average Bonchev–Trinajstić information content (AvgIpc) is 2.27. The molecule has 1 heterocycles. The van der Waals surface area contributed by atoms with Crippen molar-refractivity contribution in [1.29, 1.82) is 0 Å². The summed E-state index contributed by atoms with van der Waals surface area (Å²) in [6.45, 7) is 7.52. The molecular formula is C12H18N2O4S. The fourth-order valence-corrected chi connectivity index (χ4v) is 2.51. The first-order chi connectivity index (χ1) is 8.54. The Morgan fingerprint density at radius 3 is 2.32 bits per heavy atom. The van der Waals surface area contributed by atoms with Crippen molar-refractivity contribution < 1.29 is 18.3 Å². The quantitative estimate of drug-likeness (QED) is 0.874. The first-order valence-corrected chi connectivity index (χ1v) is 7.24. The second kappa shape index (κ2) is 5.26. The Balaban J connectivity index is 2.98. The normalized spacial score (nSPS) is 14.1. The van der Waals surface area contributed by atoms with Gasteiger partial charge in [0.25, 0.3) is 10.0 Å². The summed E-state index contributed by atoms with van der Waals surface area (Å²) in [6, 6.07) is 2.12. The number of aromatic nitrogens is 1. The molecule has 0 bridgehead atoms. The number of aromatic carboxylic acids is 1. The molecular weight excluding hydrogens is 268 g/mol. The van der Waals surface area contributed by atoms with Gasteiger partial charge in [0, 0.05) is 12.2 Å². The Hall–Kier alpha value is -1.47. The van der Waals surface area contributed by atoms with Gasteiger partial charge in [-0.3, -0.25) is 0 Å². The molecule has 1 aromatic rings. The van der Waals surface area contributed by atoms with Crippen LogP contribution in [-0.4, -0.2) is 30.5 Å². The summed E-state index contributed by atoms with van der Waals surface area (Å²) >= 11 is 0. The molecule has 0 aromatic carbocycles. The number of carboxylic acids is 1. The summed E-state index contributed by atoms with van der Waals surface area (Å²) in [4.78, 5) is 14.3. The van der Waals surface area contributed by atoms with Gasteiger partial charge in [0.2, 0.25) is 0 Å². The molecule has 2 N–H and O–H groups in total. The van der Waals surface area contributed by atoms with Crippen LogP contribution in [0.2, 0.25) is 0 Å². The second-order valence-electron chi connectivity index (χ2n) is 5.40. The number of sulfonamides is 1. The lowest BCUT2D eigenvalue weighted by molar-refractivity contribution is 0.0696. The van der Waals surface area contributed by atoms with Gasteiger partial charge in [0.15, 0.2) is 5.03 Å². The van der Waals surface area contributed by atoms with Gasteiger partial charge in [-0.1, -0.05) is 20.8 Å². The summed E-state index contributed by atoms with van der Waals surface area (Å²) in [5, 5.41) is 8.54. The summed E-state index contributed by atoms with van der Waals surface area (Å²) in [5.41, 5.74) is -0.281. The Labute approximate surface area is 112 Å². The third kappa shape index (κ3) is 4.00. The maximum Gasteiger partial charge on any atom is 0.337 e. The molecule has 1 atom stereocenters. The van der Waals surface area contributed by atoms with Gasteiger partial charge < -0.3 is 5.11 Å². The number of rotatable bonds is 4. The lowest BCUT2D eigenvalue weighted by atomic mass is 9.89. The Bertz CT molecular complexity index is 558. The number of hydrogen-bond donors (Lipinski definition) is 2. The molecule has 1 unspecified atom stereocenters. The van der Waals surface area contributed by atoms with Gasteiger partial charge in [-0.25, -0.2) is 22.9 Å². The van der Waals surface area contributed by atoms with Gasteiger partial charge in [0.05, 0.1) is 5.56 Å². The van der Waals surface area contributed by atoms with Gasteiger partial charge in [0.1, 0.15) is 0 Å². The molecule has 6 nitrogen and oxygen atoms in total. The number of nitrogens with zero attached hydrogens (tertiary/aromatic N) is 1. The van der Waals surface area contributed by atoms with Crippen molar-refractivity contribution in [2.45, 2.75) is 38.8 Å². The van der Waals surface area contributed by atoms with Gasteiger partial charge in [-0.15, -0.1) is 0 Å². The van der Waals surface area contributed by atoms with E-state index in [1.54, 1.807) is 6.92 Å². The lowest BCUT2D eigenvalue weighted by Gasteiger charge is -2.27. The van der Waals surface area contributed by atoms with E-state index in [9.17, 15) is 13.2 Å². The van der Waals surface area contributed by atoms with Crippen LogP contribution in [0.4, 0.5) is 0 Å². The van der Waals surface area contributed by atoms with Crippen LogP contribution in [0, 0.1) is 5.41 Å². The molecule has 1 aromatic heterocycles. The molecule has 106 valence electrons. The minimum atomic E-state index is -3.74. The molecule has 0 fully saturated rings. The zero-order valence-corrected chi connectivity index (χ0v) is 12.2. The van der Waals surface area contributed by atoms with Crippen LogP contribution >= 0.6 is 0 Å². The fourth-order valence-electron chi connectivity index (χ4n) is 1.14. The van der Waals surface area contributed by atoms with E-state index in [1.165, 1.54) is 12.1 Å². The first kappa shape index (κ1) is 15.6. The van der Waals surface area contributed by atoms with Crippen LogP contribution in [-0.2, 0) is 10.0 Å². The molecule has 0 saturated heterocycles. The molecule has 1 rings (SSSR count). The molecule has 0 aliphatic rings. The van der Waals surface area contributed by atoms with Crippen molar-refractivity contribution >= 4 is 16.0 Å². The molecule has 0 radical (unpaired) electrons. The van der Waals surface area contributed by atoms with Crippen LogP contribution in [0.25, 0.3) is 0 Å². The highest BCUT2D eigenvalue weighted by atomic mass is 32.2. The molecule has 0 saturated carbocycles. The highest BCUT2D eigenvalue weighted by Gasteiger charge is 2.26. The summed E-state index contributed by atoms with van der Waals surface area (Å²) in [7, 11) is -3.74. The highest BCUT2D eigenvalue weighted by Crippen LogP contribution is 2.20. The zero-order chi connectivity index (χ0) is 14.8. The maximum atomic E-state index is 12.0. The van der Waals surface area contributed by atoms with Crippen LogP contribution in [0.5, 0.6) is 0 Å². The predicted octanol–water partition coefficient (Wildman–Crippen LogP) is 1.49. The van der Waals surface area contributed by atoms with E-state index in [1.807, 2.05) is 20.8 Å². The predicted molar refractivity (Wildman–Crippen MR) is 70.4 cm³/mol. The Morgan fingerprint density at radius 2 is 1.95 bits per heavy atom. The van der Waals surface area contributed by atoms with Crippen LogP contribution in [0.15, 0.2) is 23.4 Å². The lowest BCUT2D eigenvalue weighted by Crippen LogP contribution is -2.41. The Morgan fingerprint density at radius 1 is 1.37 bits per heavy atom. The second-order valence-corrected chi connectivity index (χ2v) is 7.06. The van der Waals surface area contributed by atoms with Gasteiger partial charge in [-0.2, -0.15) is 0 Å². The van der Waals surface area contributed by atoms with Crippen molar-refractivity contribution in [3.63, 3.8) is 0 Å². The van der Waals surface area contributed by atoms with E-state index in [2.05, 4.69) is 9.71 Å². The number of pyridine rings is 1. The largest absolute Gasteiger partial charge is 0.478 e. The third-order valence-electron chi connectivity index (χ3n) is 2.89. The molecule has 0 aliphatic heterocycles. The molecule has 0 aliphatic carbocycles.